The lowest BCUT2D eigenvalue weighted by atomic mass is 9.89. The van der Waals surface area contributed by atoms with Crippen molar-refractivity contribution >= 4 is 17.7 Å². The molecule has 1 amide bonds. The molecule has 0 aliphatic heterocycles. The first-order valence-electron chi connectivity index (χ1n) is 8.17. The number of thioether (sulfide) groups is 1. The highest BCUT2D eigenvalue weighted by Gasteiger charge is 2.14. The Morgan fingerprint density at radius 2 is 2.18 bits per heavy atom. The third kappa shape index (κ3) is 5.83. The minimum atomic E-state index is -0.149. The van der Waals surface area contributed by atoms with E-state index in [1.165, 1.54) is 49.9 Å². The summed E-state index contributed by atoms with van der Waals surface area (Å²) in [6.07, 6.45) is 8.07. The van der Waals surface area contributed by atoms with E-state index in [2.05, 4.69) is 15.3 Å². The number of amides is 1. The molecule has 0 saturated heterocycles. The lowest BCUT2D eigenvalue weighted by Gasteiger charge is -2.21. The number of nitrogens with zero attached hydrogens (tertiary/aromatic N) is 1. The molecule has 122 valence electrons. The second-order valence-corrected chi connectivity index (χ2v) is 6.85. The predicted octanol–water partition coefficient (Wildman–Crippen LogP) is 2.51. The number of carbonyl (C=O) groups is 1. The monoisotopic (exact) mass is 323 g/mol. The van der Waals surface area contributed by atoms with E-state index < -0.39 is 0 Å². The Morgan fingerprint density at radius 1 is 1.41 bits per heavy atom. The van der Waals surface area contributed by atoms with Gasteiger partial charge < -0.3 is 10.3 Å². The molecule has 2 N–H and O–H groups in total. The van der Waals surface area contributed by atoms with Gasteiger partial charge in [0.25, 0.3) is 5.56 Å². The lowest BCUT2D eigenvalue weighted by Crippen LogP contribution is -2.31. The molecule has 1 saturated carbocycles. The third-order valence-corrected chi connectivity index (χ3v) is 4.81. The SMILES string of the molecule is CCCc1cc(=O)[nH]c(SCC(=O)NCC2CCCCC2)n1. The second-order valence-electron chi connectivity index (χ2n) is 5.89. The smallest absolute Gasteiger partial charge is 0.251 e. The van der Waals surface area contributed by atoms with Gasteiger partial charge in [0.1, 0.15) is 0 Å². The van der Waals surface area contributed by atoms with Crippen molar-refractivity contribution in [1.29, 1.82) is 0 Å². The van der Waals surface area contributed by atoms with Crippen molar-refractivity contribution in [3.8, 4) is 0 Å². The highest BCUT2D eigenvalue weighted by molar-refractivity contribution is 7.99. The van der Waals surface area contributed by atoms with E-state index in [0.717, 1.165) is 25.1 Å². The summed E-state index contributed by atoms with van der Waals surface area (Å²) in [7, 11) is 0. The standard InChI is InChI=1S/C16H25N3O2S/c1-2-6-13-9-14(20)19-16(18-13)22-11-15(21)17-10-12-7-4-3-5-8-12/h9,12H,2-8,10-11H2,1H3,(H,17,21)(H,18,19,20). The van der Waals surface area contributed by atoms with Gasteiger partial charge in [-0.2, -0.15) is 0 Å². The number of aryl methyl sites for hydroxylation is 1. The molecule has 0 spiro atoms. The van der Waals surface area contributed by atoms with Crippen LogP contribution in [0.25, 0.3) is 0 Å². The highest BCUT2D eigenvalue weighted by atomic mass is 32.2. The first-order chi connectivity index (χ1) is 10.7. The second kappa shape index (κ2) is 8.98. The van der Waals surface area contributed by atoms with Gasteiger partial charge in [0, 0.05) is 18.3 Å². The van der Waals surface area contributed by atoms with Gasteiger partial charge in [0.05, 0.1) is 5.75 Å². The Kier molecular flexibility index (Phi) is 6.96. The number of H-pyrrole nitrogens is 1. The largest absolute Gasteiger partial charge is 0.355 e. The van der Waals surface area contributed by atoms with E-state index in [0.29, 0.717) is 16.8 Å². The number of aromatic amines is 1. The van der Waals surface area contributed by atoms with Crippen molar-refractivity contribution in [2.24, 2.45) is 5.92 Å². The molecule has 1 aliphatic rings. The maximum Gasteiger partial charge on any atom is 0.251 e. The van der Waals surface area contributed by atoms with E-state index in [1.807, 2.05) is 6.92 Å². The summed E-state index contributed by atoms with van der Waals surface area (Å²) in [6, 6.07) is 1.52. The summed E-state index contributed by atoms with van der Waals surface area (Å²) in [4.78, 5) is 30.5. The molecule has 5 nitrogen and oxygen atoms in total. The van der Waals surface area contributed by atoms with Gasteiger partial charge in [-0.1, -0.05) is 44.4 Å². The third-order valence-electron chi connectivity index (χ3n) is 3.93. The number of carbonyl (C=O) groups excluding carboxylic acids is 1. The van der Waals surface area contributed by atoms with Gasteiger partial charge in [0.15, 0.2) is 5.16 Å². The van der Waals surface area contributed by atoms with Crippen molar-refractivity contribution in [3.05, 3.63) is 22.1 Å². The fourth-order valence-electron chi connectivity index (χ4n) is 2.77. The molecule has 1 aromatic heterocycles. The van der Waals surface area contributed by atoms with Gasteiger partial charge in [-0.05, 0) is 25.2 Å². The summed E-state index contributed by atoms with van der Waals surface area (Å²) < 4.78 is 0. The number of aromatic nitrogens is 2. The van der Waals surface area contributed by atoms with Crippen LogP contribution in [-0.2, 0) is 11.2 Å². The molecule has 0 unspecified atom stereocenters. The molecule has 2 rings (SSSR count). The van der Waals surface area contributed by atoms with Gasteiger partial charge in [-0.3, -0.25) is 9.59 Å². The molecule has 0 radical (unpaired) electrons. The molecule has 22 heavy (non-hydrogen) atoms. The fraction of sp³-hybridized carbons (Fsp3) is 0.688. The van der Waals surface area contributed by atoms with Crippen LogP contribution >= 0.6 is 11.8 Å². The average molecular weight is 323 g/mol. The van der Waals surface area contributed by atoms with Gasteiger partial charge >= 0.3 is 0 Å². The zero-order valence-corrected chi connectivity index (χ0v) is 14.0. The summed E-state index contributed by atoms with van der Waals surface area (Å²) in [5.41, 5.74) is 0.639. The zero-order chi connectivity index (χ0) is 15.8. The Balaban J connectivity index is 1.76. The first-order valence-corrected chi connectivity index (χ1v) is 9.15. The number of hydrogen-bond acceptors (Lipinski definition) is 4. The zero-order valence-electron chi connectivity index (χ0n) is 13.2. The normalized spacial score (nSPS) is 15.7. The Bertz CT molecular complexity index is 538. The van der Waals surface area contributed by atoms with Crippen LogP contribution in [0.15, 0.2) is 16.0 Å². The van der Waals surface area contributed by atoms with Crippen LogP contribution in [0.5, 0.6) is 0 Å². The van der Waals surface area contributed by atoms with E-state index in [1.54, 1.807) is 0 Å². The van der Waals surface area contributed by atoms with E-state index in [4.69, 9.17) is 0 Å². The summed E-state index contributed by atoms with van der Waals surface area (Å²) in [5.74, 6) is 0.943. The molecular weight excluding hydrogens is 298 g/mol. The molecule has 6 heteroatoms. The summed E-state index contributed by atoms with van der Waals surface area (Å²) >= 11 is 1.29. The molecule has 1 aromatic rings. The Morgan fingerprint density at radius 3 is 2.91 bits per heavy atom. The number of hydrogen-bond donors (Lipinski definition) is 2. The molecule has 1 heterocycles. The average Bonchev–Trinajstić information content (AvgIpc) is 2.52. The van der Waals surface area contributed by atoms with Crippen LogP contribution in [0.3, 0.4) is 0 Å². The van der Waals surface area contributed by atoms with Crippen molar-refractivity contribution in [3.63, 3.8) is 0 Å². The van der Waals surface area contributed by atoms with Crippen molar-refractivity contribution < 1.29 is 4.79 Å². The van der Waals surface area contributed by atoms with E-state index >= 15 is 0 Å². The number of rotatable bonds is 7. The molecular formula is C16H25N3O2S. The number of nitrogens with one attached hydrogen (secondary N) is 2. The predicted molar refractivity (Wildman–Crippen MR) is 89.2 cm³/mol. The van der Waals surface area contributed by atoms with Crippen LogP contribution < -0.4 is 10.9 Å². The Labute approximate surface area is 135 Å². The minimum Gasteiger partial charge on any atom is -0.355 e. The van der Waals surface area contributed by atoms with E-state index in [9.17, 15) is 9.59 Å². The fourth-order valence-corrected chi connectivity index (χ4v) is 3.49. The summed E-state index contributed by atoms with van der Waals surface area (Å²) in [6.45, 7) is 2.83. The van der Waals surface area contributed by atoms with Crippen LogP contribution in [0.1, 0.15) is 51.1 Å². The molecule has 0 atom stereocenters. The first kappa shape index (κ1) is 17.1. The minimum absolute atomic E-state index is 0.0131. The summed E-state index contributed by atoms with van der Waals surface area (Å²) in [5, 5.41) is 3.53. The Hall–Kier alpha value is -1.30. The topological polar surface area (TPSA) is 74.8 Å². The van der Waals surface area contributed by atoms with E-state index in [-0.39, 0.29) is 11.5 Å². The molecule has 0 bridgehead atoms. The van der Waals surface area contributed by atoms with Gasteiger partial charge in [0.2, 0.25) is 5.91 Å². The lowest BCUT2D eigenvalue weighted by molar-refractivity contribution is -0.118. The maximum absolute atomic E-state index is 11.9. The molecule has 0 aromatic carbocycles. The van der Waals surface area contributed by atoms with Crippen LogP contribution in [-0.4, -0.2) is 28.2 Å². The molecule has 1 aliphatic carbocycles. The highest BCUT2D eigenvalue weighted by Crippen LogP contribution is 2.22. The van der Waals surface area contributed by atoms with Gasteiger partial charge in [-0.25, -0.2) is 4.98 Å². The van der Waals surface area contributed by atoms with Crippen molar-refractivity contribution in [2.75, 3.05) is 12.3 Å². The van der Waals surface area contributed by atoms with Crippen molar-refractivity contribution in [2.45, 2.75) is 57.0 Å². The van der Waals surface area contributed by atoms with Gasteiger partial charge in [-0.15, -0.1) is 0 Å². The quantitative estimate of drug-likeness (QED) is 0.597. The van der Waals surface area contributed by atoms with Crippen LogP contribution in [0.2, 0.25) is 0 Å². The van der Waals surface area contributed by atoms with Crippen molar-refractivity contribution in [1.82, 2.24) is 15.3 Å². The van der Waals surface area contributed by atoms with Crippen LogP contribution in [0.4, 0.5) is 0 Å². The maximum atomic E-state index is 11.9. The van der Waals surface area contributed by atoms with Crippen LogP contribution in [0, 0.1) is 5.92 Å². The molecule has 1 fully saturated rings.